The van der Waals surface area contributed by atoms with Crippen LogP contribution >= 0.6 is 0 Å². The Kier molecular flexibility index (Phi) is 58.8. The number of hydrogen-bond donors (Lipinski definition) is 0. The van der Waals surface area contributed by atoms with Gasteiger partial charge in [-0.25, -0.2) is 0 Å². The highest BCUT2D eigenvalue weighted by atomic mass is 16.6. The molecule has 1 atom stereocenters. The minimum Gasteiger partial charge on any atom is -0.462 e. The summed E-state index contributed by atoms with van der Waals surface area (Å²) in [7, 11) is 0. The molecule has 0 rings (SSSR count). The van der Waals surface area contributed by atoms with Gasteiger partial charge < -0.3 is 14.2 Å². The van der Waals surface area contributed by atoms with Crippen molar-refractivity contribution in [3.05, 3.63) is 97.2 Å². The molecule has 74 heavy (non-hydrogen) atoms. The van der Waals surface area contributed by atoms with Crippen LogP contribution < -0.4 is 0 Å². The molecule has 0 aliphatic heterocycles. The van der Waals surface area contributed by atoms with Crippen molar-refractivity contribution in [2.75, 3.05) is 13.2 Å². The maximum atomic E-state index is 12.9. The van der Waals surface area contributed by atoms with Crippen LogP contribution in [0.2, 0.25) is 0 Å². The maximum absolute atomic E-state index is 12.9. The van der Waals surface area contributed by atoms with E-state index in [4.69, 9.17) is 14.2 Å². The van der Waals surface area contributed by atoms with Crippen molar-refractivity contribution in [1.82, 2.24) is 0 Å². The highest BCUT2D eigenvalue weighted by Crippen LogP contribution is 2.16. The van der Waals surface area contributed by atoms with Crippen molar-refractivity contribution in [3.8, 4) is 0 Å². The molecule has 0 aromatic heterocycles. The molecule has 0 radical (unpaired) electrons. The van der Waals surface area contributed by atoms with Gasteiger partial charge in [0.1, 0.15) is 13.2 Å². The molecule has 0 spiro atoms. The minimum atomic E-state index is -0.795. The van der Waals surface area contributed by atoms with E-state index >= 15 is 0 Å². The zero-order valence-electron chi connectivity index (χ0n) is 48.6. The third-order valence-corrected chi connectivity index (χ3v) is 13.3. The molecule has 0 heterocycles. The SMILES string of the molecule is CC/C=C\C/C=C\C/C=C\C/C=C\C/C=C\CCCCCC(=O)OCC(COC(=O)CCCCCCCCCCCCCCCCCCCC)OC(=O)CCCCCCCCCCC/C=C\C/C=C\C/C=C\CC. The molecule has 6 heteroatoms. The van der Waals surface area contributed by atoms with Crippen molar-refractivity contribution in [1.29, 1.82) is 0 Å². The van der Waals surface area contributed by atoms with Gasteiger partial charge in [0.05, 0.1) is 0 Å². The molecule has 6 nitrogen and oxygen atoms in total. The number of allylic oxidation sites excluding steroid dienone is 16. The van der Waals surface area contributed by atoms with Crippen LogP contribution in [0, 0.1) is 0 Å². The summed E-state index contributed by atoms with van der Waals surface area (Å²) in [6, 6.07) is 0. The normalized spacial score (nSPS) is 12.7. The number of unbranched alkanes of at least 4 members (excludes halogenated alkanes) is 29. The van der Waals surface area contributed by atoms with Gasteiger partial charge in [0.2, 0.25) is 0 Å². The standard InChI is InChI=1S/C68H116O6/c1-4-7-10-13-16-19-22-25-28-31-34-37-40-43-46-49-52-55-58-61-67(70)73-64-65(63-72-66(69)60-57-54-51-48-45-42-39-36-33-30-27-24-21-18-15-12-9-6-3)74-68(71)62-59-56-53-50-47-44-41-38-35-32-29-26-23-20-17-14-11-8-5-2/h7-8,10-11,16-17,19-20,25-26,28-29,34,37,43,46,65H,4-6,9,12-15,18,21-24,27,30-33,35-36,38-42,44-45,47-64H2,1-3H3/b10-7-,11-8-,19-16-,20-17-,28-25-,29-26-,37-34-,46-43-. The first-order chi connectivity index (χ1) is 36.5. The molecule has 424 valence electrons. The second-order valence-electron chi connectivity index (χ2n) is 20.6. The van der Waals surface area contributed by atoms with Crippen molar-refractivity contribution in [2.45, 2.75) is 303 Å². The quantitative estimate of drug-likeness (QED) is 0.0261. The summed E-state index contributed by atoms with van der Waals surface area (Å²) >= 11 is 0. The zero-order valence-corrected chi connectivity index (χ0v) is 48.6. The Morgan fingerprint density at radius 2 is 0.527 bits per heavy atom. The van der Waals surface area contributed by atoms with E-state index in [0.29, 0.717) is 19.3 Å². The molecule has 0 aromatic carbocycles. The Bertz CT molecular complexity index is 1460. The van der Waals surface area contributed by atoms with Crippen molar-refractivity contribution >= 4 is 17.9 Å². The molecular formula is C68H116O6. The van der Waals surface area contributed by atoms with E-state index in [1.807, 2.05) is 0 Å². The Balaban J connectivity index is 4.44. The predicted molar refractivity (Wildman–Crippen MR) is 320 cm³/mol. The zero-order chi connectivity index (χ0) is 53.6. The Morgan fingerprint density at radius 3 is 0.838 bits per heavy atom. The fourth-order valence-corrected chi connectivity index (χ4v) is 8.72. The van der Waals surface area contributed by atoms with Gasteiger partial charge in [-0.1, -0.05) is 279 Å². The van der Waals surface area contributed by atoms with Crippen LogP contribution in [-0.4, -0.2) is 37.2 Å². The van der Waals surface area contributed by atoms with E-state index in [1.54, 1.807) is 0 Å². The summed E-state index contributed by atoms with van der Waals surface area (Å²) in [5.74, 6) is -0.916. The average Bonchev–Trinajstić information content (AvgIpc) is 3.40. The summed E-state index contributed by atoms with van der Waals surface area (Å²) in [5.41, 5.74) is 0. The van der Waals surface area contributed by atoms with Crippen LogP contribution in [0.25, 0.3) is 0 Å². The lowest BCUT2D eigenvalue weighted by Gasteiger charge is -2.18. The molecule has 0 N–H and O–H groups in total. The molecule has 0 saturated heterocycles. The summed E-state index contributed by atoms with van der Waals surface area (Å²) < 4.78 is 16.9. The smallest absolute Gasteiger partial charge is 0.306 e. The van der Waals surface area contributed by atoms with Gasteiger partial charge in [0.25, 0.3) is 0 Å². The van der Waals surface area contributed by atoms with E-state index in [2.05, 4.69) is 118 Å². The van der Waals surface area contributed by atoms with Gasteiger partial charge in [0, 0.05) is 19.3 Å². The van der Waals surface area contributed by atoms with Gasteiger partial charge >= 0.3 is 17.9 Å². The van der Waals surface area contributed by atoms with E-state index < -0.39 is 6.10 Å². The average molecular weight is 1030 g/mol. The Morgan fingerprint density at radius 1 is 0.284 bits per heavy atom. The third kappa shape index (κ3) is 59.2. The Labute approximate surface area is 457 Å². The molecule has 0 aliphatic carbocycles. The molecule has 0 bridgehead atoms. The van der Waals surface area contributed by atoms with Gasteiger partial charge in [0.15, 0.2) is 6.10 Å². The molecule has 1 unspecified atom stereocenters. The number of carbonyl (C=O) groups excluding carboxylic acids is 3. The van der Waals surface area contributed by atoms with Crippen LogP contribution in [0.5, 0.6) is 0 Å². The molecule has 0 saturated carbocycles. The van der Waals surface area contributed by atoms with Gasteiger partial charge in [-0.05, 0) is 96.3 Å². The molecule has 0 aliphatic rings. The maximum Gasteiger partial charge on any atom is 0.306 e. The number of carbonyl (C=O) groups is 3. The summed E-state index contributed by atoms with van der Waals surface area (Å²) in [5, 5.41) is 0. The van der Waals surface area contributed by atoms with Crippen LogP contribution in [0.3, 0.4) is 0 Å². The molecule has 0 aromatic rings. The van der Waals surface area contributed by atoms with E-state index in [9.17, 15) is 14.4 Å². The number of ether oxygens (including phenoxy) is 3. The van der Waals surface area contributed by atoms with Crippen LogP contribution in [0.4, 0.5) is 0 Å². The number of hydrogen-bond acceptors (Lipinski definition) is 6. The Hall–Kier alpha value is -3.67. The topological polar surface area (TPSA) is 78.9 Å². The van der Waals surface area contributed by atoms with E-state index in [-0.39, 0.29) is 31.1 Å². The van der Waals surface area contributed by atoms with Crippen molar-refractivity contribution in [2.24, 2.45) is 0 Å². The fourth-order valence-electron chi connectivity index (χ4n) is 8.72. The van der Waals surface area contributed by atoms with Gasteiger partial charge in [-0.3, -0.25) is 14.4 Å². The molecule has 0 amide bonds. The van der Waals surface area contributed by atoms with Crippen LogP contribution in [0.15, 0.2) is 97.2 Å². The van der Waals surface area contributed by atoms with E-state index in [0.717, 1.165) is 116 Å². The van der Waals surface area contributed by atoms with Crippen LogP contribution in [-0.2, 0) is 28.6 Å². The second kappa shape index (κ2) is 61.9. The van der Waals surface area contributed by atoms with Gasteiger partial charge in [-0.2, -0.15) is 0 Å². The number of rotatable bonds is 56. The summed E-state index contributed by atoms with van der Waals surface area (Å²) in [6.45, 7) is 6.42. The lowest BCUT2D eigenvalue weighted by atomic mass is 10.0. The number of esters is 3. The molecular weight excluding hydrogens is 913 g/mol. The van der Waals surface area contributed by atoms with Crippen LogP contribution in [0.1, 0.15) is 297 Å². The van der Waals surface area contributed by atoms with Crippen molar-refractivity contribution < 1.29 is 28.6 Å². The molecule has 0 fully saturated rings. The first-order valence-electron chi connectivity index (χ1n) is 31.2. The summed E-state index contributed by atoms with van der Waals surface area (Å²) in [6.07, 6.45) is 82.6. The van der Waals surface area contributed by atoms with Gasteiger partial charge in [-0.15, -0.1) is 0 Å². The highest BCUT2D eigenvalue weighted by molar-refractivity contribution is 5.71. The minimum absolute atomic E-state index is 0.0883. The summed E-state index contributed by atoms with van der Waals surface area (Å²) in [4.78, 5) is 38.3. The lowest BCUT2D eigenvalue weighted by Crippen LogP contribution is -2.30. The largest absolute Gasteiger partial charge is 0.462 e. The highest BCUT2D eigenvalue weighted by Gasteiger charge is 2.19. The third-order valence-electron chi connectivity index (χ3n) is 13.3. The monoisotopic (exact) mass is 1030 g/mol. The first-order valence-corrected chi connectivity index (χ1v) is 31.2. The van der Waals surface area contributed by atoms with Crippen molar-refractivity contribution in [3.63, 3.8) is 0 Å². The second-order valence-corrected chi connectivity index (χ2v) is 20.6. The van der Waals surface area contributed by atoms with E-state index in [1.165, 1.54) is 141 Å². The fraction of sp³-hybridized carbons (Fsp3) is 0.721. The predicted octanol–water partition coefficient (Wildman–Crippen LogP) is 21.3. The lowest BCUT2D eigenvalue weighted by molar-refractivity contribution is -0.167. The first kappa shape index (κ1) is 70.3.